The molecule has 1 heterocycles. The molecule has 0 aromatic carbocycles. The minimum absolute atomic E-state index is 0.00486. The van der Waals surface area contributed by atoms with E-state index in [4.69, 9.17) is 5.11 Å². The van der Waals surface area contributed by atoms with Crippen molar-refractivity contribution in [1.82, 2.24) is 15.5 Å². The SMILES string of the molecule is CC(C)NC(=O)N1CCC[C@H]1C(=O)NC(C)C(=O)O. The van der Waals surface area contributed by atoms with Gasteiger partial charge in [0.25, 0.3) is 0 Å². The lowest BCUT2D eigenvalue weighted by atomic mass is 10.2. The molecule has 0 aromatic heterocycles. The Morgan fingerprint density at radius 1 is 1.21 bits per heavy atom. The van der Waals surface area contributed by atoms with Crippen LogP contribution in [0, 0.1) is 0 Å². The third kappa shape index (κ3) is 4.11. The van der Waals surface area contributed by atoms with Crippen molar-refractivity contribution >= 4 is 17.9 Å². The largest absolute Gasteiger partial charge is 0.480 e. The highest BCUT2D eigenvalue weighted by atomic mass is 16.4. The molecule has 1 fully saturated rings. The summed E-state index contributed by atoms with van der Waals surface area (Å²) in [6.07, 6.45) is 1.30. The lowest BCUT2D eigenvalue weighted by molar-refractivity contribution is -0.141. The van der Waals surface area contributed by atoms with Gasteiger partial charge in [-0.1, -0.05) is 0 Å². The van der Waals surface area contributed by atoms with Crippen LogP contribution in [0.3, 0.4) is 0 Å². The van der Waals surface area contributed by atoms with Crippen molar-refractivity contribution in [2.45, 2.75) is 51.7 Å². The summed E-state index contributed by atoms with van der Waals surface area (Å²) < 4.78 is 0. The van der Waals surface area contributed by atoms with Gasteiger partial charge in [-0.25, -0.2) is 4.79 Å². The van der Waals surface area contributed by atoms with Gasteiger partial charge in [0.15, 0.2) is 0 Å². The minimum Gasteiger partial charge on any atom is -0.480 e. The molecular weight excluding hydrogens is 250 g/mol. The molecule has 1 aliphatic heterocycles. The molecule has 0 radical (unpaired) electrons. The normalized spacial score (nSPS) is 20.2. The van der Waals surface area contributed by atoms with Gasteiger partial charge in [0.05, 0.1) is 0 Å². The van der Waals surface area contributed by atoms with Gasteiger partial charge in [0.2, 0.25) is 5.91 Å². The number of hydrogen-bond acceptors (Lipinski definition) is 3. The van der Waals surface area contributed by atoms with Crippen molar-refractivity contribution in [3.63, 3.8) is 0 Å². The summed E-state index contributed by atoms with van der Waals surface area (Å²) in [5.74, 6) is -1.50. The Hall–Kier alpha value is -1.79. The zero-order valence-corrected chi connectivity index (χ0v) is 11.5. The van der Waals surface area contributed by atoms with Crippen LogP contribution in [0.25, 0.3) is 0 Å². The molecule has 108 valence electrons. The van der Waals surface area contributed by atoms with Crippen LogP contribution in [0.5, 0.6) is 0 Å². The summed E-state index contributed by atoms with van der Waals surface area (Å²) >= 11 is 0. The first kappa shape index (κ1) is 15.3. The fourth-order valence-electron chi connectivity index (χ4n) is 1.98. The first-order chi connectivity index (χ1) is 8.82. The number of carbonyl (C=O) groups is 3. The number of nitrogens with zero attached hydrogens (tertiary/aromatic N) is 1. The van der Waals surface area contributed by atoms with Gasteiger partial charge >= 0.3 is 12.0 Å². The van der Waals surface area contributed by atoms with Crippen LogP contribution in [-0.2, 0) is 9.59 Å². The van der Waals surface area contributed by atoms with E-state index in [1.54, 1.807) is 0 Å². The van der Waals surface area contributed by atoms with Crippen molar-refractivity contribution in [2.24, 2.45) is 0 Å². The van der Waals surface area contributed by atoms with E-state index in [2.05, 4.69) is 10.6 Å². The number of aliphatic carboxylic acids is 1. The maximum atomic E-state index is 12.0. The molecule has 3 amide bonds. The van der Waals surface area contributed by atoms with Crippen molar-refractivity contribution in [3.05, 3.63) is 0 Å². The van der Waals surface area contributed by atoms with E-state index >= 15 is 0 Å². The molecule has 0 saturated carbocycles. The number of carbonyl (C=O) groups excluding carboxylic acids is 2. The Kier molecular flexibility index (Phi) is 5.14. The van der Waals surface area contributed by atoms with Crippen LogP contribution >= 0.6 is 0 Å². The molecule has 1 aliphatic rings. The van der Waals surface area contributed by atoms with E-state index in [-0.39, 0.29) is 12.1 Å². The summed E-state index contributed by atoms with van der Waals surface area (Å²) in [4.78, 5) is 36.0. The van der Waals surface area contributed by atoms with Crippen molar-refractivity contribution in [3.8, 4) is 0 Å². The number of carboxylic acid groups (broad SMARTS) is 1. The van der Waals surface area contributed by atoms with Crippen molar-refractivity contribution < 1.29 is 19.5 Å². The maximum Gasteiger partial charge on any atom is 0.325 e. The van der Waals surface area contributed by atoms with Gasteiger partial charge in [0.1, 0.15) is 12.1 Å². The molecule has 0 spiro atoms. The highest BCUT2D eigenvalue weighted by Gasteiger charge is 2.35. The summed E-state index contributed by atoms with van der Waals surface area (Å²) in [6.45, 7) is 5.59. The molecule has 7 heteroatoms. The lowest BCUT2D eigenvalue weighted by Gasteiger charge is -2.25. The highest BCUT2D eigenvalue weighted by molar-refractivity contribution is 5.90. The average molecular weight is 271 g/mol. The standard InChI is InChI=1S/C12H21N3O4/c1-7(2)13-12(19)15-6-4-5-9(15)10(16)14-8(3)11(17)18/h7-9H,4-6H2,1-3H3,(H,13,19)(H,14,16)(H,17,18)/t8?,9-/m0/s1. The molecule has 3 N–H and O–H groups in total. The van der Waals surface area contributed by atoms with E-state index in [9.17, 15) is 14.4 Å². The number of carboxylic acids is 1. The zero-order valence-electron chi connectivity index (χ0n) is 11.5. The Balaban J connectivity index is 2.63. The topological polar surface area (TPSA) is 98.7 Å². The summed E-state index contributed by atoms with van der Waals surface area (Å²) in [5.41, 5.74) is 0. The molecule has 0 aromatic rings. The summed E-state index contributed by atoms with van der Waals surface area (Å²) in [7, 11) is 0. The molecule has 1 saturated heterocycles. The Morgan fingerprint density at radius 3 is 2.37 bits per heavy atom. The van der Waals surface area contributed by atoms with E-state index in [0.29, 0.717) is 13.0 Å². The van der Waals surface area contributed by atoms with Crippen molar-refractivity contribution in [1.29, 1.82) is 0 Å². The second kappa shape index (κ2) is 6.40. The van der Waals surface area contributed by atoms with Gasteiger partial charge in [-0.05, 0) is 33.6 Å². The molecule has 1 rings (SSSR count). The number of hydrogen-bond donors (Lipinski definition) is 3. The monoisotopic (exact) mass is 271 g/mol. The Labute approximate surface area is 112 Å². The van der Waals surface area contributed by atoms with Crippen LogP contribution in [0.1, 0.15) is 33.6 Å². The van der Waals surface area contributed by atoms with Crippen LogP contribution in [-0.4, -0.2) is 52.6 Å². The second-order valence-corrected chi connectivity index (χ2v) is 5.02. The van der Waals surface area contributed by atoms with Gasteiger partial charge in [-0.2, -0.15) is 0 Å². The van der Waals surface area contributed by atoms with Gasteiger partial charge in [0, 0.05) is 12.6 Å². The van der Waals surface area contributed by atoms with E-state index in [1.165, 1.54) is 11.8 Å². The molecule has 1 unspecified atom stereocenters. The van der Waals surface area contributed by atoms with Crippen LogP contribution in [0.4, 0.5) is 4.79 Å². The number of rotatable bonds is 4. The smallest absolute Gasteiger partial charge is 0.325 e. The predicted octanol–water partition coefficient (Wildman–Crippen LogP) is 0.158. The van der Waals surface area contributed by atoms with Crippen LogP contribution < -0.4 is 10.6 Å². The van der Waals surface area contributed by atoms with Gasteiger partial charge < -0.3 is 20.6 Å². The third-order valence-electron chi connectivity index (χ3n) is 2.96. The van der Waals surface area contributed by atoms with Gasteiger partial charge in [-0.15, -0.1) is 0 Å². The van der Waals surface area contributed by atoms with Crippen molar-refractivity contribution in [2.75, 3.05) is 6.54 Å². The molecule has 0 aliphatic carbocycles. The summed E-state index contributed by atoms with van der Waals surface area (Å²) in [6, 6.07) is -1.82. The van der Waals surface area contributed by atoms with E-state index in [0.717, 1.165) is 6.42 Å². The number of urea groups is 1. The summed E-state index contributed by atoms with van der Waals surface area (Å²) in [5, 5.41) is 13.9. The van der Waals surface area contributed by atoms with Gasteiger partial charge in [-0.3, -0.25) is 9.59 Å². The molecule has 0 bridgehead atoms. The van der Waals surface area contributed by atoms with Crippen LogP contribution in [0.15, 0.2) is 0 Å². The first-order valence-corrected chi connectivity index (χ1v) is 6.43. The fourth-order valence-corrected chi connectivity index (χ4v) is 1.98. The highest BCUT2D eigenvalue weighted by Crippen LogP contribution is 2.17. The predicted molar refractivity (Wildman–Crippen MR) is 68.6 cm³/mol. The van der Waals surface area contributed by atoms with Crippen LogP contribution in [0.2, 0.25) is 0 Å². The second-order valence-electron chi connectivity index (χ2n) is 5.02. The average Bonchev–Trinajstić information content (AvgIpc) is 2.76. The molecular formula is C12H21N3O4. The number of nitrogens with one attached hydrogen (secondary N) is 2. The lowest BCUT2D eigenvalue weighted by Crippen LogP contribution is -2.53. The number of likely N-dealkylation sites (tertiary alicyclic amines) is 1. The zero-order chi connectivity index (χ0) is 14.6. The number of amides is 3. The quantitative estimate of drug-likeness (QED) is 0.678. The Morgan fingerprint density at radius 2 is 1.84 bits per heavy atom. The molecule has 2 atom stereocenters. The minimum atomic E-state index is -1.09. The maximum absolute atomic E-state index is 12.0. The van der Waals surface area contributed by atoms with E-state index < -0.39 is 24.0 Å². The first-order valence-electron chi connectivity index (χ1n) is 6.43. The Bertz CT molecular complexity index is 370. The molecule has 19 heavy (non-hydrogen) atoms. The van der Waals surface area contributed by atoms with E-state index in [1.807, 2.05) is 13.8 Å². The third-order valence-corrected chi connectivity index (χ3v) is 2.96. The molecule has 7 nitrogen and oxygen atoms in total. The fraction of sp³-hybridized carbons (Fsp3) is 0.750.